The number of furan rings is 1. The molecule has 0 unspecified atom stereocenters. The van der Waals surface area contributed by atoms with Gasteiger partial charge in [0, 0.05) is 11.6 Å². The summed E-state index contributed by atoms with van der Waals surface area (Å²) in [7, 11) is 0. The van der Waals surface area contributed by atoms with Gasteiger partial charge >= 0.3 is 6.18 Å². The summed E-state index contributed by atoms with van der Waals surface area (Å²) in [6, 6.07) is 17.5. The fourth-order valence-electron chi connectivity index (χ4n) is 2.83. The quantitative estimate of drug-likeness (QED) is 0.356. The van der Waals surface area contributed by atoms with Crippen molar-refractivity contribution in [3.8, 4) is 11.3 Å². The second-order valence-corrected chi connectivity index (χ2v) is 7.81. The van der Waals surface area contributed by atoms with Crippen molar-refractivity contribution < 1.29 is 22.4 Å². The average molecular weight is 431 g/mol. The molecule has 2 heterocycles. The number of nitrogens with zero attached hydrogens (tertiary/aromatic N) is 1. The molecule has 3 nitrogen and oxygen atoms in total. The number of hydrogen-bond acceptors (Lipinski definition) is 4. The maximum Gasteiger partial charge on any atom is 0.416 e. The summed E-state index contributed by atoms with van der Waals surface area (Å²) in [4.78, 5) is 14.2. The standard InChI is InChI=1S/C21H12F3NO2S2/c22-21(23,24)14-7-4-8-15(11-14)25-19(26)18(29-20(25)28)12-16-9-10-17(27-16)13-5-2-1-3-6-13/h1-12H/b18-12+. The molecule has 29 heavy (non-hydrogen) atoms. The molecule has 1 fully saturated rings. The van der Waals surface area contributed by atoms with E-state index in [0.717, 1.165) is 34.4 Å². The number of amides is 1. The van der Waals surface area contributed by atoms with E-state index in [0.29, 0.717) is 11.5 Å². The summed E-state index contributed by atoms with van der Waals surface area (Å²) in [5, 5.41) is 0. The van der Waals surface area contributed by atoms with Gasteiger partial charge < -0.3 is 4.42 Å². The third-order valence-corrected chi connectivity index (χ3v) is 5.49. The molecule has 1 aromatic heterocycles. The molecule has 8 heteroatoms. The van der Waals surface area contributed by atoms with Crippen LogP contribution in [0.15, 0.2) is 76.1 Å². The number of halogens is 3. The van der Waals surface area contributed by atoms with E-state index < -0.39 is 17.6 Å². The number of carbonyl (C=O) groups excluding carboxylic acids is 1. The largest absolute Gasteiger partial charge is 0.457 e. The fourth-order valence-corrected chi connectivity index (χ4v) is 4.11. The lowest BCUT2D eigenvalue weighted by molar-refractivity contribution is -0.137. The van der Waals surface area contributed by atoms with Gasteiger partial charge in [-0.05, 0) is 30.3 Å². The third kappa shape index (κ3) is 3.99. The van der Waals surface area contributed by atoms with Gasteiger partial charge in [-0.1, -0.05) is 60.4 Å². The highest BCUT2D eigenvalue weighted by Gasteiger charge is 2.36. The molecule has 1 saturated heterocycles. The van der Waals surface area contributed by atoms with Crippen LogP contribution < -0.4 is 4.90 Å². The van der Waals surface area contributed by atoms with Crippen LogP contribution >= 0.6 is 24.0 Å². The topological polar surface area (TPSA) is 33.5 Å². The Morgan fingerprint density at radius 1 is 1.00 bits per heavy atom. The lowest BCUT2D eigenvalue weighted by atomic mass is 10.2. The first kappa shape index (κ1) is 19.5. The summed E-state index contributed by atoms with van der Waals surface area (Å²) in [6.07, 6.45) is -2.96. The maximum atomic E-state index is 13.0. The van der Waals surface area contributed by atoms with Crippen LogP contribution in [0, 0.1) is 0 Å². The summed E-state index contributed by atoms with van der Waals surface area (Å²) in [5.41, 5.74) is 0.130. The van der Waals surface area contributed by atoms with Gasteiger partial charge in [0.25, 0.3) is 5.91 Å². The predicted octanol–water partition coefficient (Wildman–Crippen LogP) is 6.37. The van der Waals surface area contributed by atoms with Crippen molar-refractivity contribution >= 4 is 46.0 Å². The van der Waals surface area contributed by atoms with Gasteiger partial charge in [0.2, 0.25) is 0 Å². The van der Waals surface area contributed by atoms with Crippen molar-refractivity contribution in [3.05, 3.63) is 83.0 Å². The zero-order valence-electron chi connectivity index (χ0n) is 14.6. The van der Waals surface area contributed by atoms with E-state index in [2.05, 4.69) is 0 Å². The third-order valence-electron chi connectivity index (χ3n) is 4.18. The lowest BCUT2D eigenvalue weighted by Crippen LogP contribution is -2.27. The first-order chi connectivity index (χ1) is 13.8. The van der Waals surface area contributed by atoms with E-state index in [1.165, 1.54) is 12.1 Å². The Morgan fingerprint density at radius 3 is 2.48 bits per heavy atom. The number of anilines is 1. The molecule has 0 radical (unpaired) electrons. The number of rotatable bonds is 3. The predicted molar refractivity (Wildman–Crippen MR) is 111 cm³/mol. The highest BCUT2D eigenvalue weighted by molar-refractivity contribution is 8.27. The molecule has 0 aliphatic carbocycles. The van der Waals surface area contributed by atoms with Crippen LogP contribution in [0.4, 0.5) is 18.9 Å². The average Bonchev–Trinajstić information content (AvgIpc) is 3.27. The van der Waals surface area contributed by atoms with Gasteiger partial charge in [0.1, 0.15) is 11.5 Å². The minimum absolute atomic E-state index is 0.0788. The van der Waals surface area contributed by atoms with Crippen LogP contribution in [0.2, 0.25) is 0 Å². The highest BCUT2D eigenvalue weighted by Crippen LogP contribution is 2.38. The second-order valence-electron chi connectivity index (χ2n) is 6.13. The zero-order chi connectivity index (χ0) is 20.6. The summed E-state index contributed by atoms with van der Waals surface area (Å²) in [6.45, 7) is 0. The second kappa shape index (κ2) is 7.53. The lowest BCUT2D eigenvalue weighted by Gasteiger charge is -2.16. The van der Waals surface area contributed by atoms with Crippen LogP contribution in [0.3, 0.4) is 0 Å². The van der Waals surface area contributed by atoms with Crippen molar-refractivity contribution in [2.45, 2.75) is 6.18 Å². The molecule has 0 spiro atoms. The van der Waals surface area contributed by atoms with Gasteiger partial charge in [-0.2, -0.15) is 13.2 Å². The minimum Gasteiger partial charge on any atom is -0.457 e. The molecule has 3 aromatic rings. The van der Waals surface area contributed by atoms with Gasteiger partial charge in [-0.3, -0.25) is 9.69 Å². The van der Waals surface area contributed by atoms with Crippen molar-refractivity contribution in [2.24, 2.45) is 0 Å². The highest BCUT2D eigenvalue weighted by atomic mass is 32.2. The molecule has 1 aliphatic heterocycles. The number of thioether (sulfide) groups is 1. The Hall–Kier alpha value is -2.84. The molecule has 1 amide bonds. The van der Waals surface area contributed by atoms with E-state index in [1.807, 2.05) is 30.3 Å². The molecule has 0 N–H and O–H groups in total. The van der Waals surface area contributed by atoms with Crippen molar-refractivity contribution in [1.82, 2.24) is 0 Å². The molecular formula is C21H12F3NO2S2. The van der Waals surface area contributed by atoms with E-state index in [1.54, 1.807) is 18.2 Å². The van der Waals surface area contributed by atoms with Gasteiger partial charge in [0.15, 0.2) is 4.32 Å². The van der Waals surface area contributed by atoms with Crippen molar-refractivity contribution in [1.29, 1.82) is 0 Å². The number of alkyl halides is 3. The Balaban J connectivity index is 1.61. The monoisotopic (exact) mass is 431 g/mol. The van der Waals surface area contributed by atoms with E-state index in [-0.39, 0.29) is 14.9 Å². The van der Waals surface area contributed by atoms with Crippen LogP contribution in [-0.2, 0) is 11.0 Å². The van der Waals surface area contributed by atoms with Crippen molar-refractivity contribution in [2.75, 3.05) is 4.90 Å². The summed E-state index contributed by atoms with van der Waals surface area (Å²) in [5.74, 6) is 0.607. The van der Waals surface area contributed by atoms with Gasteiger partial charge in [0.05, 0.1) is 16.2 Å². The maximum absolute atomic E-state index is 13.0. The van der Waals surface area contributed by atoms with E-state index >= 15 is 0 Å². The van der Waals surface area contributed by atoms with E-state index in [4.69, 9.17) is 16.6 Å². The smallest absolute Gasteiger partial charge is 0.416 e. The van der Waals surface area contributed by atoms with E-state index in [9.17, 15) is 18.0 Å². The molecule has 0 saturated carbocycles. The molecule has 2 aromatic carbocycles. The van der Waals surface area contributed by atoms with Crippen LogP contribution in [0.5, 0.6) is 0 Å². The van der Waals surface area contributed by atoms with Gasteiger partial charge in [-0.15, -0.1) is 0 Å². The zero-order valence-corrected chi connectivity index (χ0v) is 16.3. The van der Waals surface area contributed by atoms with Gasteiger partial charge in [-0.25, -0.2) is 0 Å². The number of benzene rings is 2. The van der Waals surface area contributed by atoms with Crippen LogP contribution in [-0.4, -0.2) is 10.2 Å². The van der Waals surface area contributed by atoms with Crippen molar-refractivity contribution in [3.63, 3.8) is 0 Å². The molecule has 0 bridgehead atoms. The number of hydrogen-bond donors (Lipinski definition) is 0. The summed E-state index contributed by atoms with van der Waals surface area (Å²) >= 11 is 6.24. The Morgan fingerprint density at radius 2 is 1.76 bits per heavy atom. The molecule has 0 atom stereocenters. The van der Waals surface area contributed by atoms with Crippen LogP contribution in [0.1, 0.15) is 11.3 Å². The Labute approximate surface area is 173 Å². The number of thiocarbonyl (C=S) groups is 1. The minimum atomic E-state index is -4.51. The first-order valence-electron chi connectivity index (χ1n) is 8.43. The van der Waals surface area contributed by atoms with Crippen LogP contribution in [0.25, 0.3) is 17.4 Å². The summed E-state index contributed by atoms with van der Waals surface area (Å²) < 4.78 is 44.9. The SMILES string of the molecule is O=C1/C(=C\c2ccc(-c3ccccc3)o2)SC(=S)N1c1cccc(C(F)(F)F)c1. The first-order valence-corrected chi connectivity index (χ1v) is 9.66. The molecular weight excluding hydrogens is 419 g/mol. The Kier molecular flexibility index (Phi) is 5.06. The molecule has 146 valence electrons. The molecule has 1 aliphatic rings. The normalized spacial score (nSPS) is 16.1. The fraction of sp³-hybridized carbons (Fsp3) is 0.0476. The Bertz CT molecular complexity index is 1120. The molecule has 4 rings (SSSR count). The number of carbonyl (C=O) groups is 1.